The Labute approximate surface area is 189 Å². The summed E-state index contributed by atoms with van der Waals surface area (Å²) < 4.78 is 28.2. The highest BCUT2D eigenvalue weighted by Gasteiger charge is 2.67. The van der Waals surface area contributed by atoms with Crippen molar-refractivity contribution in [2.24, 2.45) is 17.8 Å². The third-order valence-corrected chi connectivity index (χ3v) is 6.50. The Morgan fingerprint density at radius 3 is 2.22 bits per heavy atom. The van der Waals surface area contributed by atoms with Gasteiger partial charge in [-0.05, 0) is 23.5 Å². The van der Waals surface area contributed by atoms with E-state index in [9.17, 15) is 14.4 Å². The highest BCUT2D eigenvalue weighted by Crippen LogP contribution is 2.54. The van der Waals surface area contributed by atoms with Crippen LogP contribution in [0, 0.1) is 17.8 Å². The van der Waals surface area contributed by atoms with Crippen molar-refractivity contribution in [2.45, 2.75) is 78.3 Å². The predicted molar refractivity (Wildman–Crippen MR) is 114 cm³/mol. The SMILES string of the molecule is CCC(C)CC(=O)OC1OC=C(COC(C)=O)C2=CC(OC(=O)CC(C)CC)C3(CO3)C21. The molecule has 0 aromatic carbocycles. The average Bonchev–Trinajstić information content (AvgIpc) is 3.46. The van der Waals surface area contributed by atoms with Gasteiger partial charge >= 0.3 is 17.9 Å². The normalized spacial score (nSPS) is 29.7. The summed E-state index contributed by atoms with van der Waals surface area (Å²) in [6, 6.07) is 0. The molecule has 0 aromatic rings. The maximum atomic E-state index is 12.5. The molecule has 0 radical (unpaired) electrons. The van der Waals surface area contributed by atoms with Crippen molar-refractivity contribution in [3.63, 3.8) is 0 Å². The van der Waals surface area contributed by atoms with Crippen LogP contribution < -0.4 is 0 Å². The molecule has 1 spiro atoms. The Hall–Kier alpha value is -2.35. The van der Waals surface area contributed by atoms with Gasteiger partial charge in [0.1, 0.15) is 12.2 Å². The summed E-state index contributed by atoms with van der Waals surface area (Å²) in [5, 5.41) is 0. The quantitative estimate of drug-likeness (QED) is 0.283. The minimum absolute atomic E-state index is 0.00875. The maximum absolute atomic E-state index is 12.5. The molecular formula is C24H34O8. The van der Waals surface area contributed by atoms with Crippen molar-refractivity contribution in [3.8, 4) is 0 Å². The Balaban J connectivity index is 1.80. The molecule has 1 aliphatic carbocycles. The van der Waals surface area contributed by atoms with Gasteiger partial charge < -0.3 is 23.7 Å². The molecule has 6 unspecified atom stereocenters. The lowest BCUT2D eigenvalue weighted by atomic mass is 9.85. The topological polar surface area (TPSA) is 101 Å². The molecule has 1 fully saturated rings. The number of carbonyl (C=O) groups excluding carboxylic acids is 3. The fourth-order valence-electron chi connectivity index (χ4n) is 4.01. The molecule has 2 heterocycles. The zero-order valence-corrected chi connectivity index (χ0v) is 19.6. The smallest absolute Gasteiger partial charge is 0.309 e. The van der Waals surface area contributed by atoms with E-state index >= 15 is 0 Å². The molecular weight excluding hydrogens is 416 g/mol. The molecule has 1 saturated heterocycles. The van der Waals surface area contributed by atoms with Gasteiger partial charge in [0, 0.05) is 25.3 Å². The third-order valence-electron chi connectivity index (χ3n) is 6.50. The van der Waals surface area contributed by atoms with Crippen LogP contribution in [0.3, 0.4) is 0 Å². The second kappa shape index (κ2) is 10.1. The van der Waals surface area contributed by atoms with Crippen molar-refractivity contribution in [2.75, 3.05) is 13.2 Å². The molecule has 0 aromatic heterocycles. The number of rotatable bonds is 10. The Kier molecular flexibility index (Phi) is 7.64. The third kappa shape index (κ3) is 5.34. The maximum Gasteiger partial charge on any atom is 0.309 e. The zero-order chi connectivity index (χ0) is 23.5. The van der Waals surface area contributed by atoms with Gasteiger partial charge in [-0.25, -0.2) is 0 Å². The fraction of sp³-hybridized carbons (Fsp3) is 0.708. The fourth-order valence-corrected chi connectivity index (χ4v) is 4.01. The van der Waals surface area contributed by atoms with Crippen LogP contribution in [-0.4, -0.2) is 49.1 Å². The lowest BCUT2D eigenvalue weighted by Gasteiger charge is -2.33. The van der Waals surface area contributed by atoms with E-state index in [0.717, 1.165) is 18.4 Å². The summed E-state index contributed by atoms with van der Waals surface area (Å²) in [7, 11) is 0. The van der Waals surface area contributed by atoms with E-state index in [0.29, 0.717) is 18.6 Å². The second-order valence-corrected chi connectivity index (χ2v) is 9.11. The van der Waals surface area contributed by atoms with Crippen LogP contribution in [0.15, 0.2) is 23.5 Å². The van der Waals surface area contributed by atoms with Crippen molar-refractivity contribution in [1.82, 2.24) is 0 Å². The minimum atomic E-state index is -0.903. The first-order chi connectivity index (χ1) is 15.2. The number of hydrogen-bond acceptors (Lipinski definition) is 8. The van der Waals surface area contributed by atoms with Crippen LogP contribution in [0.5, 0.6) is 0 Å². The molecule has 8 nitrogen and oxygen atoms in total. The molecule has 6 atom stereocenters. The lowest BCUT2D eigenvalue weighted by molar-refractivity contribution is -0.186. The monoisotopic (exact) mass is 450 g/mol. The summed E-state index contributed by atoms with van der Waals surface area (Å²) in [4.78, 5) is 36.3. The largest absolute Gasteiger partial charge is 0.461 e. The Bertz CT molecular complexity index is 794. The van der Waals surface area contributed by atoms with Gasteiger partial charge in [0.05, 0.1) is 18.8 Å². The van der Waals surface area contributed by atoms with Crippen LogP contribution in [0.2, 0.25) is 0 Å². The van der Waals surface area contributed by atoms with Crippen molar-refractivity contribution in [1.29, 1.82) is 0 Å². The zero-order valence-electron chi connectivity index (χ0n) is 19.6. The second-order valence-electron chi connectivity index (χ2n) is 9.11. The van der Waals surface area contributed by atoms with Crippen LogP contribution in [0.1, 0.15) is 60.3 Å². The molecule has 2 aliphatic heterocycles. The highest BCUT2D eigenvalue weighted by atomic mass is 16.7. The van der Waals surface area contributed by atoms with Gasteiger partial charge in [0.25, 0.3) is 6.29 Å². The van der Waals surface area contributed by atoms with Crippen LogP contribution in [-0.2, 0) is 38.1 Å². The van der Waals surface area contributed by atoms with Crippen molar-refractivity contribution in [3.05, 3.63) is 23.5 Å². The molecule has 3 rings (SSSR count). The molecule has 3 aliphatic rings. The van der Waals surface area contributed by atoms with Gasteiger partial charge in [-0.3, -0.25) is 14.4 Å². The molecule has 0 bridgehead atoms. The summed E-state index contributed by atoms with van der Waals surface area (Å²) in [5.74, 6) is -1.13. The standard InChI is InChI=1S/C24H34O8/c1-6-14(3)8-20(26)31-19-10-18-17(11-28-16(5)25)12-29-23(22(18)24(19)13-30-24)32-21(27)9-15(4)7-2/h10,12,14-15,19,22-23H,6-9,11,13H2,1-5H3. The first-order valence-corrected chi connectivity index (χ1v) is 11.4. The number of ether oxygens (including phenoxy) is 5. The Morgan fingerprint density at radius 2 is 1.69 bits per heavy atom. The van der Waals surface area contributed by atoms with E-state index in [1.165, 1.54) is 13.2 Å². The van der Waals surface area contributed by atoms with E-state index in [4.69, 9.17) is 23.7 Å². The van der Waals surface area contributed by atoms with E-state index in [2.05, 4.69) is 0 Å². The number of fused-ring (bicyclic) bond motifs is 2. The number of esters is 3. The van der Waals surface area contributed by atoms with Crippen LogP contribution in [0.25, 0.3) is 0 Å². The van der Waals surface area contributed by atoms with Gasteiger partial charge in [-0.2, -0.15) is 0 Å². The van der Waals surface area contributed by atoms with Crippen LogP contribution >= 0.6 is 0 Å². The average molecular weight is 451 g/mol. The predicted octanol–water partition coefficient (Wildman–Crippen LogP) is 3.44. The van der Waals surface area contributed by atoms with Gasteiger partial charge in [0.2, 0.25) is 0 Å². The number of hydrogen-bond donors (Lipinski definition) is 0. The molecule has 0 saturated carbocycles. The van der Waals surface area contributed by atoms with Gasteiger partial charge in [-0.15, -0.1) is 0 Å². The first kappa shape index (κ1) is 24.3. The first-order valence-electron chi connectivity index (χ1n) is 11.4. The van der Waals surface area contributed by atoms with Gasteiger partial charge in [0.15, 0.2) is 6.10 Å². The highest BCUT2D eigenvalue weighted by molar-refractivity contribution is 5.71. The molecule has 32 heavy (non-hydrogen) atoms. The van der Waals surface area contributed by atoms with Crippen molar-refractivity contribution < 1.29 is 38.1 Å². The molecule has 0 amide bonds. The van der Waals surface area contributed by atoms with Gasteiger partial charge in [-0.1, -0.05) is 40.5 Å². The number of carbonyl (C=O) groups is 3. The van der Waals surface area contributed by atoms with E-state index in [1.807, 2.05) is 33.8 Å². The molecule has 8 heteroatoms. The molecule has 0 N–H and O–H groups in total. The lowest BCUT2D eigenvalue weighted by Crippen LogP contribution is -2.45. The van der Waals surface area contributed by atoms with Crippen molar-refractivity contribution >= 4 is 17.9 Å². The Morgan fingerprint density at radius 1 is 1.09 bits per heavy atom. The van der Waals surface area contributed by atoms with Crippen LogP contribution in [0.4, 0.5) is 0 Å². The molecule has 178 valence electrons. The summed E-state index contributed by atoms with van der Waals surface area (Å²) in [6.45, 7) is 9.71. The van der Waals surface area contributed by atoms with E-state index in [1.54, 1.807) is 0 Å². The summed E-state index contributed by atoms with van der Waals surface area (Å²) in [6.07, 6.45) is 4.08. The van der Waals surface area contributed by atoms with E-state index in [-0.39, 0.29) is 36.8 Å². The summed E-state index contributed by atoms with van der Waals surface area (Å²) in [5.41, 5.74) is 0.560. The van der Waals surface area contributed by atoms with E-state index < -0.39 is 29.9 Å². The number of epoxide rings is 1. The summed E-state index contributed by atoms with van der Waals surface area (Å²) >= 11 is 0. The minimum Gasteiger partial charge on any atom is -0.461 e.